The van der Waals surface area contributed by atoms with Crippen LogP contribution in [0.5, 0.6) is 0 Å². The predicted octanol–water partition coefficient (Wildman–Crippen LogP) is 1.44. The largest absolute Gasteiger partial charge is 0.417 e. The van der Waals surface area contributed by atoms with Crippen LogP contribution < -0.4 is 10.9 Å². The van der Waals surface area contributed by atoms with E-state index in [1.54, 1.807) is 0 Å². The van der Waals surface area contributed by atoms with E-state index in [-0.39, 0.29) is 23.1 Å². The molecule has 0 atom stereocenters. The van der Waals surface area contributed by atoms with Gasteiger partial charge in [-0.25, -0.2) is 13.6 Å². The fourth-order valence-electron chi connectivity index (χ4n) is 2.09. The maximum absolute atomic E-state index is 12.8. The van der Waals surface area contributed by atoms with Crippen LogP contribution in [-0.2, 0) is 27.4 Å². The second-order valence-corrected chi connectivity index (χ2v) is 6.51. The molecule has 0 spiro atoms. The number of halogens is 3. The summed E-state index contributed by atoms with van der Waals surface area (Å²) in [5.41, 5.74) is 4.17. The molecule has 0 saturated carbocycles. The molecule has 1 amide bonds. The van der Waals surface area contributed by atoms with Crippen LogP contribution in [0.4, 0.5) is 13.2 Å². The fraction of sp³-hybridized carbons (Fsp3) is 0.143. The van der Waals surface area contributed by atoms with Crippen LogP contribution in [0.2, 0.25) is 0 Å². The number of pyridine rings is 1. The monoisotopic (exact) mass is 359 g/mol. The molecule has 1 aromatic heterocycles. The van der Waals surface area contributed by atoms with Crippen LogP contribution in [-0.4, -0.2) is 19.3 Å². The topological polar surface area (TPSA) is 116 Å². The molecule has 1 heterocycles. The van der Waals surface area contributed by atoms with Crippen molar-refractivity contribution in [2.45, 2.75) is 17.5 Å². The molecule has 24 heavy (non-hydrogen) atoms. The molecule has 2 aromatic rings. The number of benzene rings is 1. The van der Waals surface area contributed by atoms with Crippen molar-refractivity contribution < 1.29 is 26.4 Å². The van der Waals surface area contributed by atoms with Gasteiger partial charge in [-0.2, -0.15) is 13.2 Å². The molecule has 0 aliphatic heterocycles. The predicted molar refractivity (Wildman–Crippen MR) is 78.9 cm³/mol. The molecule has 0 radical (unpaired) electrons. The lowest BCUT2D eigenvalue weighted by molar-refractivity contribution is -0.137. The zero-order valence-corrected chi connectivity index (χ0v) is 12.9. The summed E-state index contributed by atoms with van der Waals surface area (Å²) >= 11 is 0. The number of rotatable bonds is 4. The summed E-state index contributed by atoms with van der Waals surface area (Å²) in [6.07, 6.45) is -3.14. The van der Waals surface area contributed by atoms with Gasteiger partial charge in [0.25, 0.3) is 0 Å². The summed E-state index contributed by atoms with van der Waals surface area (Å²) in [6.45, 7) is 0. The van der Waals surface area contributed by atoms with Crippen molar-refractivity contribution in [1.82, 2.24) is 4.98 Å². The van der Waals surface area contributed by atoms with Gasteiger partial charge in [0.05, 0.1) is 16.9 Å². The minimum atomic E-state index is -4.63. The van der Waals surface area contributed by atoms with E-state index in [9.17, 15) is 26.4 Å². The van der Waals surface area contributed by atoms with Gasteiger partial charge in [0.2, 0.25) is 15.9 Å². The smallest absolute Gasteiger partial charge is 0.369 e. The van der Waals surface area contributed by atoms with E-state index in [2.05, 4.69) is 4.98 Å². The van der Waals surface area contributed by atoms with Crippen LogP contribution in [0.25, 0.3) is 11.1 Å². The highest BCUT2D eigenvalue weighted by atomic mass is 32.2. The molecule has 2 rings (SSSR count). The molecule has 0 bridgehead atoms. The van der Waals surface area contributed by atoms with E-state index < -0.39 is 32.6 Å². The first-order valence-corrected chi connectivity index (χ1v) is 8.00. The number of carbonyl (C=O) groups excluding carboxylic acids is 1. The number of carbonyl (C=O) groups is 1. The maximum atomic E-state index is 12.8. The lowest BCUT2D eigenvalue weighted by Crippen LogP contribution is -2.16. The van der Waals surface area contributed by atoms with Crippen molar-refractivity contribution in [3.05, 3.63) is 47.8 Å². The van der Waals surface area contributed by atoms with Gasteiger partial charge >= 0.3 is 6.18 Å². The molecule has 1 aromatic carbocycles. The molecule has 4 N–H and O–H groups in total. The zero-order chi connectivity index (χ0) is 18.1. The van der Waals surface area contributed by atoms with Gasteiger partial charge in [-0.15, -0.1) is 0 Å². The number of sulfonamides is 1. The third-order valence-electron chi connectivity index (χ3n) is 3.11. The van der Waals surface area contributed by atoms with E-state index in [0.29, 0.717) is 6.20 Å². The van der Waals surface area contributed by atoms with E-state index in [1.807, 2.05) is 0 Å². The Hall–Kier alpha value is -2.46. The van der Waals surface area contributed by atoms with Gasteiger partial charge in [0.15, 0.2) is 0 Å². The quantitative estimate of drug-likeness (QED) is 0.859. The first-order valence-electron chi connectivity index (χ1n) is 6.45. The second-order valence-electron chi connectivity index (χ2n) is 4.98. The number of aromatic nitrogens is 1. The lowest BCUT2D eigenvalue weighted by Gasteiger charge is -2.12. The Morgan fingerprint density at radius 1 is 1.17 bits per heavy atom. The van der Waals surface area contributed by atoms with Gasteiger partial charge in [0.1, 0.15) is 0 Å². The average molecular weight is 359 g/mol. The molecular weight excluding hydrogens is 347 g/mol. The number of alkyl halides is 3. The van der Waals surface area contributed by atoms with Crippen molar-refractivity contribution in [2.75, 3.05) is 0 Å². The number of nitrogens with zero attached hydrogens (tertiary/aromatic N) is 1. The number of primary amides is 1. The summed E-state index contributed by atoms with van der Waals surface area (Å²) in [6, 6.07) is 4.52. The number of hydrogen-bond acceptors (Lipinski definition) is 4. The number of nitrogens with two attached hydrogens (primary N) is 2. The van der Waals surface area contributed by atoms with Crippen molar-refractivity contribution in [2.24, 2.45) is 10.9 Å². The van der Waals surface area contributed by atoms with Crippen molar-refractivity contribution in [3.63, 3.8) is 0 Å². The van der Waals surface area contributed by atoms with Crippen LogP contribution in [0, 0.1) is 0 Å². The Labute approximate surface area is 135 Å². The van der Waals surface area contributed by atoms with Crippen molar-refractivity contribution in [3.8, 4) is 11.1 Å². The first kappa shape index (κ1) is 17.9. The number of amides is 1. The highest BCUT2D eigenvalue weighted by Crippen LogP contribution is 2.33. The highest BCUT2D eigenvalue weighted by Gasteiger charge is 2.31. The molecule has 6 nitrogen and oxygen atoms in total. The Morgan fingerprint density at radius 2 is 1.83 bits per heavy atom. The minimum Gasteiger partial charge on any atom is -0.369 e. The molecule has 10 heteroatoms. The van der Waals surface area contributed by atoms with Gasteiger partial charge < -0.3 is 5.73 Å². The molecule has 0 saturated heterocycles. The van der Waals surface area contributed by atoms with Gasteiger partial charge in [-0.05, 0) is 17.7 Å². The molecular formula is C14H12F3N3O3S. The standard InChI is InChI=1S/C14H12F3N3O3S/c15-14(16,17)10-5-9(6-20-7-10)11-2-1-8(4-13(18)21)3-12(11)24(19,22)23/h1-3,5-7H,4H2,(H2,18,21)(H2,19,22,23). The van der Waals surface area contributed by atoms with Crippen LogP contribution in [0.15, 0.2) is 41.6 Å². The van der Waals surface area contributed by atoms with Gasteiger partial charge in [0, 0.05) is 23.5 Å². The van der Waals surface area contributed by atoms with Crippen molar-refractivity contribution >= 4 is 15.9 Å². The zero-order valence-electron chi connectivity index (χ0n) is 12.0. The third kappa shape index (κ3) is 4.09. The summed E-state index contributed by atoms with van der Waals surface area (Å²) in [5, 5.41) is 5.13. The summed E-state index contributed by atoms with van der Waals surface area (Å²) in [4.78, 5) is 14.0. The normalized spacial score (nSPS) is 12.2. The van der Waals surface area contributed by atoms with Crippen LogP contribution in [0.3, 0.4) is 0 Å². The van der Waals surface area contributed by atoms with Crippen molar-refractivity contribution in [1.29, 1.82) is 0 Å². The molecule has 128 valence electrons. The van der Waals surface area contributed by atoms with Gasteiger partial charge in [-0.1, -0.05) is 12.1 Å². The van der Waals surface area contributed by atoms with E-state index in [0.717, 1.165) is 18.3 Å². The Kier molecular flexibility index (Phi) is 4.63. The second kappa shape index (κ2) is 6.21. The highest BCUT2D eigenvalue weighted by molar-refractivity contribution is 7.89. The fourth-order valence-corrected chi connectivity index (χ4v) is 2.90. The molecule has 0 aliphatic rings. The Bertz CT molecular complexity index is 896. The van der Waals surface area contributed by atoms with Crippen LogP contribution in [0.1, 0.15) is 11.1 Å². The van der Waals surface area contributed by atoms with Gasteiger partial charge in [-0.3, -0.25) is 9.78 Å². The molecule has 0 unspecified atom stereocenters. The Morgan fingerprint density at radius 3 is 2.38 bits per heavy atom. The lowest BCUT2D eigenvalue weighted by atomic mass is 10.0. The molecule has 0 fully saturated rings. The average Bonchev–Trinajstić information content (AvgIpc) is 2.45. The van der Waals surface area contributed by atoms with Crippen LogP contribution >= 0.6 is 0 Å². The molecule has 0 aliphatic carbocycles. The number of hydrogen-bond donors (Lipinski definition) is 2. The van der Waals surface area contributed by atoms with E-state index in [4.69, 9.17) is 10.9 Å². The number of primary sulfonamides is 1. The summed E-state index contributed by atoms with van der Waals surface area (Å²) in [5.74, 6) is -0.691. The maximum Gasteiger partial charge on any atom is 0.417 e. The van der Waals surface area contributed by atoms with E-state index >= 15 is 0 Å². The SMILES string of the molecule is NC(=O)Cc1ccc(-c2cncc(C(F)(F)F)c2)c(S(N)(=O)=O)c1. The first-order chi connectivity index (χ1) is 11.0. The summed E-state index contributed by atoms with van der Waals surface area (Å²) < 4.78 is 61.9. The third-order valence-corrected chi connectivity index (χ3v) is 4.06. The summed E-state index contributed by atoms with van der Waals surface area (Å²) in [7, 11) is -4.25. The Balaban J connectivity index is 2.64. The van der Waals surface area contributed by atoms with E-state index in [1.165, 1.54) is 12.1 Å². The minimum absolute atomic E-state index is 0.0516.